The molecule has 2 aromatic rings. The van der Waals surface area contributed by atoms with E-state index in [1.807, 2.05) is 74.5 Å². The fraction of sp³-hybridized carbons (Fsp3) is 0.440. The van der Waals surface area contributed by atoms with E-state index in [1.54, 1.807) is 7.11 Å². The maximum absolute atomic E-state index is 14.0. The molecular formula is C25H26O4. The summed E-state index contributed by atoms with van der Waals surface area (Å²) < 4.78 is 11.7. The van der Waals surface area contributed by atoms with Gasteiger partial charge in [-0.2, -0.15) is 0 Å². The third kappa shape index (κ3) is 1.92. The molecule has 0 aliphatic heterocycles. The van der Waals surface area contributed by atoms with E-state index in [0.717, 1.165) is 11.1 Å². The van der Waals surface area contributed by atoms with E-state index >= 15 is 0 Å². The van der Waals surface area contributed by atoms with Crippen LogP contribution in [0.2, 0.25) is 0 Å². The summed E-state index contributed by atoms with van der Waals surface area (Å²) >= 11 is 0. The maximum Gasteiger partial charge on any atom is 0.173 e. The smallest absolute Gasteiger partial charge is 0.173 e. The van der Waals surface area contributed by atoms with E-state index in [9.17, 15) is 9.59 Å². The molecule has 0 heterocycles. The lowest BCUT2D eigenvalue weighted by Gasteiger charge is -2.54. The van der Waals surface area contributed by atoms with Crippen LogP contribution in [0.4, 0.5) is 0 Å². The number of hydrogen-bond acceptors (Lipinski definition) is 4. The topological polar surface area (TPSA) is 52.6 Å². The van der Waals surface area contributed by atoms with Gasteiger partial charge in [0.1, 0.15) is 5.78 Å². The molecule has 150 valence electrons. The van der Waals surface area contributed by atoms with E-state index < -0.39 is 28.3 Å². The van der Waals surface area contributed by atoms with Crippen LogP contribution < -0.4 is 0 Å². The van der Waals surface area contributed by atoms with Gasteiger partial charge in [0.2, 0.25) is 0 Å². The van der Waals surface area contributed by atoms with E-state index in [-0.39, 0.29) is 17.7 Å². The summed E-state index contributed by atoms with van der Waals surface area (Å²) in [7, 11) is 1.54. The van der Waals surface area contributed by atoms with Crippen molar-refractivity contribution in [2.45, 2.75) is 37.4 Å². The van der Waals surface area contributed by atoms with Gasteiger partial charge < -0.3 is 9.47 Å². The minimum absolute atomic E-state index is 0.0181. The van der Waals surface area contributed by atoms with Crippen LogP contribution in [0, 0.1) is 17.3 Å². The van der Waals surface area contributed by atoms with Crippen LogP contribution in [0.25, 0.3) is 0 Å². The number of Topliss-reactive ketones (excluding diaryl/α,β-unsaturated/α-hetero) is 2. The fourth-order valence-corrected chi connectivity index (χ4v) is 6.53. The second-order valence-corrected chi connectivity index (χ2v) is 8.63. The summed E-state index contributed by atoms with van der Waals surface area (Å²) in [5.74, 6) is -0.740. The third-order valence-corrected chi connectivity index (χ3v) is 7.83. The number of carbonyl (C=O) groups excluding carboxylic acids is 2. The summed E-state index contributed by atoms with van der Waals surface area (Å²) in [6.45, 7) is 4.38. The molecule has 0 bridgehead atoms. The third-order valence-electron chi connectivity index (χ3n) is 7.83. The van der Waals surface area contributed by atoms with Crippen molar-refractivity contribution in [1.82, 2.24) is 0 Å². The van der Waals surface area contributed by atoms with Crippen LogP contribution in [0.5, 0.6) is 0 Å². The van der Waals surface area contributed by atoms with Gasteiger partial charge in [-0.1, -0.05) is 67.6 Å². The Morgan fingerprint density at radius 2 is 1.48 bits per heavy atom. The predicted octanol–water partition coefficient (Wildman–Crippen LogP) is 3.57. The predicted molar refractivity (Wildman–Crippen MR) is 109 cm³/mol. The second-order valence-electron chi connectivity index (χ2n) is 8.63. The number of methoxy groups -OCH3 is 1. The van der Waals surface area contributed by atoms with Crippen molar-refractivity contribution in [2.75, 3.05) is 13.7 Å². The largest absolute Gasteiger partial charge is 0.375 e. The van der Waals surface area contributed by atoms with Crippen molar-refractivity contribution >= 4 is 11.6 Å². The van der Waals surface area contributed by atoms with E-state index in [4.69, 9.17) is 9.47 Å². The molecule has 2 aromatic carbocycles. The average molecular weight is 390 g/mol. The number of benzene rings is 2. The zero-order chi connectivity index (χ0) is 20.4. The number of carbonyl (C=O) groups is 2. The molecule has 0 amide bonds. The van der Waals surface area contributed by atoms with Crippen LogP contribution in [0.1, 0.15) is 31.4 Å². The van der Waals surface area contributed by atoms with E-state index in [1.165, 1.54) is 0 Å². The first-order chi connectivity index (χ1) is 14.0. The van der Waals surface area contributed by atoms with Gasteiger partial charge >= 0.3 is 0 Å². The summed E-state index contributed by atoms with van der Waals surface area (Å²) in [6.07, 6.45) is 0.196. The molecule has 0 N–H and O–H groups in total. The Kier molecular flexibility index (Phi) is 3.94. The van der Waals surface area contributed by atoms with Crippen LogP contribution >= 0.6 is 0 Å². The number of rotatable bonds is 5. The highest BCUT2D eigenvalue weighted by atomic mass is 16.6. The van der Waals surface area contributed by atoms with Crippen molar-refractivity contribution < 1.29 is 19.1 Å². The average Bonchev–Trinajstić information content (AvgIpc) is 3.34. The molecule has 3 aliphatic rings. The lowest BCUT2D eigenvalue weighted by molar-refractivity contribution is -0.228. The zero-order valence-corrected chi connectivity index (χ0v) is 17.1. The molecule has 0 saturated heterocycles. The minimum atomic E-state index is -1.15. The molecule has 3 fully saturated rings. The van der Waals surface area contributed by atoms with Crippen molar-refractivity contribution in [3.63, 3.8) is 0 Å². The summed E-state index contributed by atoms with van der Waals surface area (Å²) in [4.78, 5) is 27.9. The van der Waals surface area contributed by atoms with Crippen molar-refractivity contribution in [2.24, 2.45) is 17.3 Å². The van der Waals surface area contributed by atoms with Gasteiger partial charge in [0.05, 0.1) is 17.4 Å². The molecular weight excluding hydrogens is 364 g/mol. The van der Waals surface area contributed by atoms with Gasteiger partial charge in [-0.05, 0) is 24.5 Å². The molecule has 0 spiro atoms. The number of ketones is 2. The van der Waals surface area contributed by atoms with Gasteiger partial charge in [-0.3, -0.25) is 9.59 Å². The Labute approximate surface area is 171 Å². The van der Waals surface area contributed by atoms with Gasteiger partial charge in [0.15, 0.2) is 11.4 Å². The van der Waals surface area contributed by atoms with E-state index in [0.29, 0.717) is 13.0 Å². The van der Waals surface area contributed by atoms with Crippen LogP contribution in [0.3, 0.4) is 0 Å². The van der Waals surface area contributed by atoms with Crippen molar-refractivity contribution in [3.8, 4) is 0 Å². The Balaban J connectivity index is 1.73. The lowest BCUT2D eigenvalue weighted by Crippen LogP contribution is -2.72. The van der Waals surface area contributed by atoms with E-state index in [2.05, 4.69) is 0 Å². The second kappa shape index (κ2) is 6.10. The summed E-state index contributed by atoms with van der Waals surface area (Å²) in [5, 5.41) is 0. The number of fused-ring (bicyclic) bond motifs is 2. The Hall–Kier alpha value is -2.30. The van der Waals surface area contributed by atoms with Gasteiger partial charge in [-0.25, -0.2) is 0 Å². The normalized spacial score (nSPS) is 36.7. The quantitative estimate of drug-likeness (QED) is 0.783. The Morgan fingerprint density at radius 1 is 0.931 bits per heavy atom. The Morgan fingerprint density at radius 3 is 1.97 bits per heavy atom. The molecule has 4 heteroatoms. The monoisotopic (exact) mass is 390 g/mol. The highest BCUT2D eigenvalue weighted by Crippen LogP contribution is 2.78. The molecule has 0 aromatic heterocycles. The minimum Gasteiger partial charge on any atom is -0.375 e. The molecule has 3 aliphatic carbocycles. The lowest BCUT2D eigenvalue weighted by atomic mass is 9.56. The molecule has 0 unspecified atom stereocenters. The van der Waals surface area contributed by atoms with Crippen LogP contribution in [-0.4, -0.2) is 37.0 Å². The summed E-state index contributed by atoms with van der Waals surface area (Å²) in [6, 6.07) is 20.0. The maximum atomic E-state index is 14.0. The van der Waals surface area contributed by atoms with Crippen molar-refractivity contribution in [1.29, 1.82) is 0 Å². The van der Waals surface area contributed by atoms with Crippen molar-refractivity contribution in [3.05, 3.63) is 71.8 Å². The zero-order valence-electron chi connectivity index (χ0n) is 17.1. The number of hydrogen-bond donors (Lipinski definition) is 0. The number of ether oxygens (including phenoxy) is 2. The van der Waals surface area contributed by atoms with Gasteiger partial charge in [0, 0.05) is 25.0 Å². The Bertz CT molecular complexity index is 929. The first kappa shape index (κ1) is 18.7. The SMILES string of the molecule is CCO[C@@H]1C[C@H]2C(=O)[C@@]3(C)[C@@H](C(=O)[C@@]12OC)C3(c1ccccc1)c1ccccc1. The van der Waals surface area contributed by atoms with Gasteiger partial charge in [-0.15, -0.1) is 0 Å². The fourth-order valence-electron chi connectivity index (χ4n) is 6.53. The first-order valence-electron chi connectivity index (χ1n) is 10.4. The molecule has 0 radical (unpaired) electrons. The highest BCUT2D eigenvalue weighted by Gasteiger charge is 2.89. The molecule has 29 heavy (non-hydrogen) atoms. The molecule has 5 rings (SSSR count). The molecule has 3 saturated carbocycles. The van der Waals surface area contributed by atoms with Crippen LogP contribution in [0.15, 0.2) is 60.7 Å². The standard InChI is InChI=1S/C25H26O4/c1-4-29-19-15-18-21(26)23(2)20(22(27)25(18,19)28-3)24(23,16-11-7-5-8-12-16)17-13-9-6-10-14-17/h5-14,18-20H,4,15H2,1-3H3/t18-,19+,20+,23+,25-/m0/s1. The highest BCUT2D eigenvalue weighted by molar-refractivity contribution is 6.15. The van der Waals surface area contributed by atoms with Gasteiger partial charge in [0.25, 0.3) is 0 Å². The summed E-state index contributed by atoms with van der Waals surface area (Å²) in [5.41, 5.74) is -0.551. The molecule has 5 atom stereocenters. The first-order valence-corrected chi connectivity index (χ1v) is 10.4. The molecule has 4 nitrogen and oxygen atoms in total. The van der Waals surface area contributed by atoms with Crippen LogP contribution in [-0.2, 0) is 24.5 Å².